The highest BCUT2D eigenvalue weighted by atomic mass is 127. The highest BCUT2D eigenvalue weighted by Crippen LogP contribution is 2.27. The summed E-state index contributed by atoms with van der Waals surface area (Å²) in [6, 6.07) is 21.3. The molecule has 0 fully saturated rings. The Balaban J connectivity index is 1.90. The SMILES string of the molecule is N=Cc1cccc2c1ccn2Cc1c(CI)ccc2ccccc12. The molecule has 3 aromatic carbocycles. The Morgan fingerprint density at radius 3 is 2.62 bits per heavy atom. The van der Waals surface area contributed by atoms with Gasteiger partial charge in [-0.25, -0.2) is 0 Å². The third kappa shape index (κ3) is 2.53. The summed E-state index contributed by atoms with van der Waals surface area (Å²) in [5.41, 5.74) is 4.93. The maximum Gasteiger partial charge on any atom is 0.0490 e. The van der Waals surface area contributed by atoms with Crippen LogP contribution in [0.25, 0.3) is 21.7 Å². The Kier molecular flexibility index (Phi) is 4.10. The molecule has 1 N–H and O–H groups in total. The lowest BCUT2D eigenvalue weighted by molar-refractivity contribution is 0.837. The monoisotopic (exact) mass is 424 g/mol. The lowest BCUT2D eigenvalue weighted by Gasteiger charge is -2.14. The lowest BCUT2D eigenvalue weighted by Crippen LogP contribution is -2.02. The van der Waals surface area contributed by atoms with Crippen LogP contribution in [0.15, 0.2) is 66.9 Å². The average Bonchev–Trinajstić information content (AvgIpc) is 3.05. The first kappa shape index (κ1) is 15.4. The maximum atomic E-state index is 7.59. The number of aromatic nitrogens is 1. The Morgan fingerprint density at radius 1 is 0.917 bits per heavy atom. The van der Waals surface area contributed by atoms with Gasteiger partial charge in [-0.2, -0.15) is 0 Å². The molecule has 24 heavy (non-hydrogen) atoms. The number of halogens is 1. The molecule has 118 valence electrons. The molecule has 4 rings (SSSR count). The van der Waals surface area contributed by atoms with E-state index >= 15 is 0 Å². The molecule has 0 aliphatic heterocycles. The zero-order valence-corrected chi connectivity index (χ0v) is 15.3. The predicted octanol–water partition coefficient (Wildman–Crippen LogP) is 5.78. The van der Waals surface area contributed by atoms with Gasteiger partial charge in [-0.3, -0.25) is 0 Å². The Labute approximate surface area is 154 Å². The molecule has 0 atom stereocenters. The Bertz CT molecular complexity index is 1050. The van der Waals surface area contributed by atoms with Crippen LogP contribution < -0.4 is 0 Å². The summed E-state index contributed by atoms with van der Waals surface area (Å²) < 4.78 is 3.29. The van der Waals surface area contributed by atoms with Crippen LogP contribution in [0.3, 0.4) is 0 Å². The van der Waals surface area contributed by atoms with E-state index in [9.17, 15) is 0 Å². The third-order valence-corrected chi connectivity index (χ3v) is 5.43. The summed E-state index contributed by atoms with van der Waals surface area (Å²) in [4.78, 5) is 0. The van der Waals surface area contributed by atoms with Crippen LogP contribution in [0, 0.1) is 5.41 Å². The minimum atomic E-state index is 0.852. The molecule has 0 amide bonds. The second kappa shape index (κ2) is 6.40. The summed E-state index contributed by atoms with van der Waals surface area (Å²) >= 11 is 2.44. The van der Waals surface area contributed by atoms with Crippen LogP contribution in [0.4, 0.5) is 0 Å². The van der Waals surface area contributed by atoms with Crippen LogP contribution in [-0.2, 0) is 11.0 Å². The van der Waals surface area contributed by atoms with Crippen LogP contribution in [-0.4, -0.2) is 10.8 Å². The van der Waals surface area contributed by atoms with Gasteiger partial charge in [-0.05, 0) is 34.0 Å². The van der Waals surface area contributed by atoms with Crippen molar-refractivity contribution >= 4 is 50.5 Å². The second-order valence-electron chi connectivity index (χ2n) is 5.93. The molecule has 1 heterocycles. The first-order valence-corrected chi connectivity index (χ1v) is 9.48. The standard InChI is InChI=1S/C21H17IN2/c22-12-16-9-8-15-4-1-2-6-18(15)20(16)14-24-11-10-19-17(13-23)5-3-7-21(19)24/h1-11,13,23H,12,14H2. The van der Waals surface area contributed by atoms with Crippen molar-refractivity contribution in [1.82, 2.24) is 4.57 Å². The topological polar surface area (TPSA) is 28.8 Å². The number of hydrogen-bond acceptors (Lipinski definition) is 1. The third-order valence-electron chi connectivity index (χ3n) is 4.61. The molecule has 0 aliphatic carbocycles. The second-order valence-corrected chi connectivity index (χ2v) is 6.69. The number of fused-ring (bicyclic) bond motifs is 2. The molecule has 3 heteroatoms. The van der Waals surface area contributed by atoms with Gasteiger partial charge in [0.05, 0.1) is 0 Å². The first-order valence-electron chi connectivity index (χ1n) is 7.95. The number of nitrogens with one attached hydrogen (secondary N) is 1. The quantitative estimate of drug-likeness (QED) is 0.245. The minimum Gasteiger partial charge on any atom is -0.343 e. The van der Waals surface area contributed by atoms with Gasteiger partial charge in [0.25, 0.3) is 0 Å². The summed E-state index contributed by atoms with van der Waals surface area (Å²) in [6.45, 7) is 0.852. The number of benzene rings is 3. The van der Waals surface area contributed by atoms with Crippen molar-refractivity contribution in [3.8, 4) is 0 Å². The molecular weight excluding hydrogens is 407 g/mol. The number of hydrogen-bond donors (Lipinski definition) is 1. The van der Waals surface area contributed by atoms with E-state index in [0.717, 1.165) is 21.9 Å². The fourth-order valence-corrected chi connectivity index (χ4v) is 4.09. The molecule has 2 nitrogen and oxygen atoms in total. The fourth-order valence-electron chi connectivity index (χ4n) is 3.37. The summed E-state index contributed by atoms with van der Waals surface area (Å²) in [7, 11) is 0. The molecule has 0 radical (unpaired) electrons. The van der Waals surface area contributed by atoms with Crippen molar-refractivity contribution in [3.63, 3.8) is 0 Å². The molecule has 0 bridgehead atoms. The van der Waals surface area contributed by atoms with E-state index in [0.29, 0.717) is 0 Å². The van der Waals surface area contributed by atoms with Gasteiger partial charge in [0.15, 0.2) is 0 Å². The van der Waals surface area contributed by atoms with E-state index in [4.69, 9.17) is 5.41 Å². The number of nitrogens with zero attached hydrogens (tertiary/aromatic N) is 1. The van der Waals surface area contributed by atoms with Crippen LogP contribution >= 0.6 is 22.6 Å². The van der Waals surface area contributed by atoms with E-state index in [2.05, 4.69) is 81.9 Å². The van der Waals surface area contributed by atoms with Crippen molar-refractivity contribution in [2.75, 3.05) is 0 Å². The molecule has 0 spiro atoms. The largest absolute Gasteiger partial charge is 0.343 e. The Hall–Kier alpha value is -2.14. The zero-order chi connectivity index (χ0) is 16.5. The normalized spacial score (nSPS) is 11.2. The van der Waals surface area contributed by atoms with Crippen molar-refractivity contribution in [1.29, 1.82) is 5.41 Å². The summed E-state index contributed by atoms with van der Waals surface area (Å²) in [5, 5.41) is 11.4. The molecule has 0 aliphatic rings. The smallest absolute Gasteiger partial charge is 0.0490 e. The van der Waals surface area contributed by atoms with Gasteiger partial charge in [0.1, 0.15) is 0 Å². The van der Waals surface area contributed by atoms with Gasteiger partial charge in [0.2, 0.25) is 0 Å². The van der Waals surface area contributed by atoms with Crippen LogP contribution in [0.1, 0.15) is 16.7 Å². The summed E-state index contributed by atoms with van der Waals surface area (Å²) in [6.07, 6.45) is 3.57. The van der Waals surface area contributed by atoms with Crippen molar-refractivity contribution < 1.29 is 0 Å². The molecular formula is C21H17IN2. The molecule has 0 saturated carbocycles. The fraction of sp³-hybridized carbons (Fsp3) is 0.0952. The molecule has 4 aromatic rings. The van der Waals surface area contributed by atoms with E-state index in [1.165, 1.54) is 33.6 Å². The molecule has 0 unspecified atom stereocenters. The van der Waals surface area contributed by atoms with Crippen molar-refractivity contribution in [2.24, 2.45) is 0 Å². The van der Waals surface area contributed by atoms with Gasteiger partial charge >= 0.3 is 0 Å². The van der Waals surface area contributed by atoms with E-state index in [1.807, 2.05) is 12.1 Å². The first-order chi connectivity index (χ1) is 11.8. The minimum absolute atomic E-state index is 0.852. The average molecular weight is 424 g/mol. The van der Waals surface area contributed by atoms with Crippen LogP contribution in [0.5, 0.6) is 0 Å². The number of alkyl halides is 1. The van der Waals surface area contributed by atoms with Crippen molar-refractivity contribution in [2.45, 2.75) is 11.0 Å². The van der Waals surface area contributed by atoms with Gasteiger partial charge in [-0.15, -0.1) is 0 Å². The Morgan fingerprint density at radius 2 is 1.79 bits per heavy atom. The van der Waals surface area contributed by atoms with Crippen LogP contribution in [0.2, 0.25) is 0 Å². The number of rotatable bonds is 4. The molecule has 1 aromatic heterocycles. The van der Waals surface area contributed by atoms with Gasteiger partial charge < -0.3 is 9.98 Å². The highest BCUT2D eigenvalue weighted by molar-refractivity contribution is 14.1. The van der Waals surface area contributed by atoms with E-state index in [-0.39, 0.29) is 0 Å². The van der Waals surface area contributed by atoms with E-state index < -0.39 is 0 Å². The van der Waals surface area contributed by atoms with Crippen molar-refractivity contribution in [3.05, 3.63) is 83.6 Å². The lowest BCUT2D eigenvalue weighted by atomic mass is 9.99. The summed E-state index contributed by atoms with van der Waals surface area (Å²) in [5.74, 6) is 0. The highest BCUT2D eigenvalue weighted by Gasteiger charge is 2.10. The van der Waals surface area contributed by atoms with Gasteiger partial charge in [-0.1, -0.05) is 71.1 Å². The predicted molar refractivity (Wildman–Crippen MR) is 111 cm³/mol. The molecule has 0 saturated heterocycles. The maximum absolute atomic E-state index is 7.59. The zero-order valence-electron chi connectivity index (χ0n) is 13.2. The van der Waals surface area contributed by atoms with E-state index in [1.54, 1.807) is 0 Å². The van der Waals surface area contributed by atoms with Gasteiger partial charge in [0, 0.05) is 39.9 Å².